The van der Waals surface area contributed by atoms with Crippen molar-refractivity contribution in [1.82, 2.24) is 0 Å². The first-order chi connectivity index (χ1) is 5.33. The van der Waals surface area contributed by atoms with E-state index in [0.29, 0.717) is 5.75 Å². The Kier molecular flexibility index (Phi) is 2.92. The summed E-state index contributed by atoms with van der Waals surface area (Å²) in [5, 5.41) is 0. The van der Waals surface area contributed by atoms with Crippen molar-refractivity contribution < 1.29 is 13.4 Å². The molecule has 0 radical (unpaired) electrons. The molecule has 0 saturated heterocycles. The van der Waals surface area contributed by atoms with Gasteiger partial charge >= 0.3 is 6.16 Å². The molecule has 4 heteroatoms. The molecule has 0 aliphatic rings. The van der Waals surface area contributed by atoms with Crippen LogP contribution in [0.25, 0.3) is 0 Å². The zero-order valence-corrected chi connectivity index (χ0v) is 7.08. The fourth-order valence-electron chi connectivity index (χ4n) is 0.601. The summed E-state index contributed by atoms with van der Waals surface area (Å²) in [6.45, 7) is 0. The van der Waals surface area contributed by atoms with E-state index in [9.17, 15) is 4.79 Å². The second-order valence-corrected chi connectivity index (χ2v) is 2.07. The standard InChI is InChI=1S/C7H5BrO3/c8-11-7(9)10-6-4-2-1-3-5-6/h1-5H. The Morgan fingerprint density at radius 1 is 1.27 bits per heavy atom. The number of carbonyl (C=O) groups is 1. The summed E-state index contributed by atoms with van der Waals surface area (Å²) in [5.74, 6) is 0.456. The average molecular weight is 217 g/mol. The molecule has 0 unspecified atom stereocenters. The molecule has 11 heavy (non-hydrogen) atoms. The lowest BCUT2D eigenvalue weighted by Crippen LogP contribution is -2.03. The van der Waals surface area contributed by atoms with Gasteiger partial charge in [-0.2, -0.15) is 0 Å². The number of hydrogen-bond acceptors (Lipinski definition) is 3. The third-order valence-electron chi connectivity index (χ3n) is 1.01. The smallest absolute Gasteiger partial charge is 0.394 e. The molecule has 3 nitrogen and oxygen atoms in total. The molecular formula is C7H5BrO3. The van der Waals surface area contributed by atoms with E-state index in [1.165, 1.54) is 0 Å². The summed E-state index contributed by atoms with van der Waals surface area (Å²) in [5.41, 5.74) is 0. The number of carbonyl (C=O) groups excluding carboxylic acids is 1. The third-order valence-corrected chi connectivity index (χ3v) is 1.27. The Hall–Kier alpha value is -1.03. The molecule has 0 bridgehead atoms. The van der Waals surface area contributed by atoms with Gasteiger partial charge < -0.3 is 8.57 Å². The summed E-state index contributed by atoms with van der Waals surface area (Å²) >= 11 is 2.50. The topological polar surface area (TPSA) is 35.5 Å². The summed E-state index contributed by atoms with van der Waals surface area (Å²) in [6.07, 6.45) is -0.781. The van der Waals surface area contributed by atoms with Crippen molar-refractivity contribution in [1.29, 1.82) is 0 Å². The van der Waals surface area contributed by atoms with E-state index in [1.54, 1.807) is 24.3 Å². The molecule has 0 spiro atoms. The van der Waals surface area contributed by atoms with Crippen LogP contribution < -0.4 is 4.74 Å². The first kappa shape index (κ1) is 8.07. The Morgan fingerprint density at radius 3 is 2.45 bits per heavy atom. The molecule has 0 aromatic heterocycles. The minimum absolute atomic E-state index is 0.456. The number of hydrogen-bond donors (Lipinski definition) is 0. The molecule has 58 valence electrons. The highest BCUT2D eigenvalue weighted by atomic mass is 79.9. The van der Waals surface area contributed by atoms with Crippen molar-refractivity contribution in [3.63, 3.8) is 0 Å². The van der Waals surface area contributed by atoms with Crippen molar-refractivity contribution in [2.45, 2.75) is 0 Å². The second kappa shape index (κ2) is 3.98. The van der Waals surface area contributed by atoms with Crippen LogP contribution in [0.15, 0.2) is 30.3 Å². The van der Waals surface area contributed by atoms with Gasteiger partial charge in [0.2, 0.25) is 0 Å². The molecular weight excluding hydrogens is 212 g/mol. The zero-order valence-electron chi connectivity index (χ0n) is 5.49. The van der Waals surface area contributed by atoms with Gasteiger partial charge in [0.05, 0.1) is 0 Å². The van der Waals surface area contributed by atoms with Crippen molar-refractivity contribution in [2.75, 3.05) is 0 Å². The van der Waals surface area contributed by atoms with Crippen LogP contribution >= 0.6 is 16.3 Å². The molecule has 1 rings (SSSR count). The first-order valence-electron chi connectivity index (χ1n) is 2.88. The highest BCUT2D eigenvalue weighted by molar-refractivity contribution is 9.06. The summed E-state index contributed by atoms with van der Waals surface area (Å²) in [4.78, 5) is 10.5. The molecule has 1 aromatic carbocycles. The SMILES string of the molecule is O=C(OBr)Oc1ccccc1. The van der Waals surface area contributed by atoms with Gasteiger partial charge in [0.15, 0.2) is 16.3 Å². The number of ether oxygens (including phenoxy) is 1. The fraction of sp³-hybridized carbons (Fsp3) is 0. The Labute approximate surface area is 72.4 Å². The van der Waals surface area contributed by atoms with Crippen LogP contribution in [0.3, 0.4) is 0 Å². The predicted octanol–water partition coefficient (Wildman–Crippen LogP) is 2.51. The number of rotatable bonds is 1. The quantitative estimate of drug-likeness (QED) is 0.535. The molecule has 0 aliphatic carbocycles. The molecule has 0 heterocycles. The summed E-state index contributed by atoms with van der Waals surface area (Å²) in [6, 6.07) is 8.66. The van der Waals surface area contributed by atoms with Crippen LogP contribution in [-0.2, 0) is 3.83 Å². The summed E-state index contributed by atoms with van der Waals surface area (Å²) < 4.78 is 8.76. The average Bonchev–Trinajstić information content (AvgIpc) is 2.06. The zero-order chi connectivity index (χ0) is 8.10. The molecule has 1 aromatic rings. The van der Waals surface area contributed by atoms with E-state index < -0.39 is 6.16 Å². The number of halogens is 1. The van der Waals surface area contributed by atoms with Crippen molar-refractivity contribution >= 4 is 22.4 Å². The Balaban J connectivity index is 2.58. The van der Waals surface area contributed by atoms with E-state index in [0.717, 1.165) is 0 Å². The van der Waals surface area contributed by atoms with Crippen LogP contribution in [0.5, 0.6) is 5.75 Å². The van der Waals surface area contributed by atoms with Crippen molar-refractivity contribution in [3.05, 3.63) is 30.3 Å². The molecule has 0 aliphatic heterocycles. The Morgan fingerprint density at radius 2 is 1.91 bits per heavy atom. The van der Waals surface area contributed by atoms with Gasteiger partial charge in [0.25, 0.3) is 0 Å². The maximum atomic E-state index is 10.5. The van der Waals surface area contributed by atoms with E-state index in [1.807, 2.05) is 6.07 Å². The van der Waals surface area contributed by atoms with Crippen LogP contribution in [0, 0.1) is 0 Å². The normalized spacial score (nSPS) is 8.82. The molecule has 0 saturated carbocycles. The van der Waals surface area contributed by atoms with Crippen LogP contribution in [0.2, 0.25) is 0 Å². The fourth-order valence-corrected chi connectivity index (χ4v) is 0.667. The van der Waals surface area contributed by atoms with Crippen molar-refractivity contribution in [2.24, 2.45) is 0 Å². The Bertz CT molecular complexity index is 235. The van der Waals surface area contributed by atoms with Gasteiger partial charge in [0.1, 0.15) is 5.75 Å². The van der Waals surface area contributed by atoms with Crippen LogP contribution in [0.1, 0.15) is 0 Å². The van der Waals surface area contributed by atoms with E-state index >= 15 is 0 Å². The largest absolute Gasteiger partial charge is 0.525 e. The van der Waals surface area contributed by atoms with Crippen molar-refractivity contribution in [3.8, 4) is 5.75 Å². The van der Waals surface area contributed by atoms with Gasteiger partial charge in [-0.1, -0.05) is 18.2 Å². The maximum absolute atomic E-state index is 10.5. The molecule has 0 atom stereocenters. The van der Waals surface area contributed by atoms with Gasteiger partial charge in [-0.25, -0.2) is 4.79 Å². The minimum Gasteiger partial charge on any atom is -0.394 e. The first-order valence-corrected chi connectivity index (χ1v) is 3.53. The van der Waals surface area contributed by atoms with E-state index in [-0.39, 0.29) is 0 Å². The van der Waals surface area contributed by atoms with Gasteiger partial charge in [-0.3, -0.25) is 0 Å². The van der Waals surface area contributed by atoms with E-state index in [4.69, 9.17) is 0 Å². The van der Waals surface area contributed by atoms with Gasteiger partial charge in [-0.15, -0.1) is 0 Å². The maximum Gasteiger partial charge on any atom is 0.525 e. The monoisotopic (exact) mass is 216 g/mol. The lowest BCUT2D eigenvalue weighted by Gasteiger charge is -1.98. The van der Waals surface area contributed by atoms with Gasteiger partial charge in [0, 0.05) is 0 Å². The minimum atomic E-state index is -0.781. The lowest BCUT2D eigenvalue weighted by molar-refractivity contribution is 0.163. The number of benzene rings is 1. The van der Waals surface area contributed by atoms with Crippen LogP contribution in [-0.4, -0.2) is 6.16 Å². The molecule has 0 amide bonds. The predicted molar refractivity (Wildman–Crippen MR) is 42.5 cm³/mol. The number of para-hydroxylation sites is 1. The van der Waals surface area contributed by atoms with Gasteiger partial charge in [-0.05, 0) is 12.1 Å². The highest BCUT2D eigenvalue weighted by Gasteiger charge is 2.01. The van der Waals surface area contributed by atoms with Crippen LogP contribution in [0.4, 0.5) is 4.79 Å². The molecule has 0 fully saturated rings. The lowest BCUT2D eigenvalue weighted by atomic mass is 10.3. The summed E-state index contributed by atoms with van der Waals surface area (Å²) in [7, 11) is 0. The van der Waals surface area contributed by atoms with E-state index in [2.05, 4.69) is 24.8 Å². The highest BCUT2D eigenvalue weighted by Crippen LogP contribution is 2.09. The molecule has 0 N–H and O–H groups in total. The second-order valence-electron chi connectivity index (χ2n) is 1.74. The third kappa shape index (κ3) is 2.59.